The van der Waals surface area contributed by atoms with E-state index in [1.807, 2.05) is 35.7 Å². The van der Waals surface area contributed by atoms with Gasteiger partial charge in [0.05, 0.1) is 24.6 Å². The number of aromatic nitrogens is 1. The molecule has 0 saturated heterocycles. The SMILES string of the molecule is COc1cc(C=NNc2nc(-c3ccccc3)cs2)cc(C(=O)O)c1. The summed E-state index contributed by atoms with van der Waals surface area (Å²) in [7, 11) is 1.49. The molecule has 7 heteroatoms. The second-order valence-electron chi connectivity index (χ2n) is 5.07. The van der Waals surface area contributed by atoms with Gasteiger partial charge in [-0.15, -0.1) is 11.3 Å². The Morgan fingerprint density at radius 1 is 1.28 bits per heavy atom. The third kappa shape index (κ3) is 4.21. The Morgan fingerprint density at radius 2 is 2.08 bits per heavy atom. The van der Waals surface area contributed by atoms with E-state index in [1.54, 1.807) is 6.07 Å². The van der Waals surface area contributed by atoms with Gasteiger partial charge in [0, 0.05) is 10.9 Å². The predicted octanol–water partition coefficient (Wildman–Crippen LogP) is 3.96. The summed E-state index contributed by atoms with van der Waals surface area (Å²) in [5.41, 5.74) is 5.52. The van der Waals surface area contributed by atoms with Crippen molar-refractivity contribution in [1.82, 2.24) is 4.98 Å². The smallest absolute Gasteiger partial charge is 0.335 e. The minimum absolute atomic E-state index is 0.140. The van der Waals surface area contributed by atoms with Crippen molar-refractivity contribution in [2.45, 2.75) is 0 Å². The number of benzene rings is 2. The second kappa shape index (κ2) is 7.59. The Labute approximate surface area is 148 Å². The summed E-state index contributed by atoms with van der Waals surface area (Å²) in [5, 5.41) is 15.8. The van der Waals surface area contributed by atoms with Gasteiger partial charge in [0.2, 0.25) is 5.13 Å². The Balaban J connectivity index is 1.72. The highest BCUT2D eigenvalue weighted by Gasteiger charge is 2.07. The molecule has 25 heavy (non-hydrogen) atoms. The number of carboxylic acids is 1. The normalized spacial score (nSPS) is 10.8. The van der Waals surface area contributed by atoms with Crippen LogP contribution in [-0.4, -0.2) is 29.4 Å². The van der Waals surface area contributed by atoms with Crippen LogP contribution in [0, 0.1) is 0 Å². The zero-order chi connectivity index (χ0) is 17.6. The van der Waals surface area contributed by atoms with Gasteiger partial charge in [0.25, 0.3) is 0 Å². The molecule has 0 spiro atoms. The number of hydrogen-bond donors (Lipinski definition) is 2. The number of carboxylic acid groups (broad SMARTS) is 1. The van der Waals surface area contributed by atoms with Crippen LogP contribution < -0.4 is 10.2 Å². The molecule has 1 heterocycles. The number of hydrogen-bond acceptors (Lipinski definition) is 6. The van der Waals surface area contributed by atoms with Crippen molar-refractivity contribution in [2.75, 3.05) is 12.5 Å². The summed E-state index contributed by atoms with van der Waals surface area (Å²) in [6, 6.07) is 14.5. The Bertz CT molecular complexity index is 907. The van der Waals surface area contributed by atoms with Crippen molar-refractivity contribution in [3.63, 3.8) is 0 Å². The zero-order valence-electron chi connectivity index (χ0n) is 13.3. The summed E-state index contributed by atoms with van der Waals surface area (Å²) in [6.07, 6.45) is 1.53. The van der Waals surface area contributed by atoms with Crippen LogP contribution in [0.5, 0.6) is 5.75 Å². The summed E-state index contributed by atoms with van der Waals surface area (Å²) in [5.74, 6) is -0.559. The molecule has 2 N–H and O–H groups in total. The van der Waals surface area contributed by atoms with Crippen LogP contribution in [-0.2, 0) is 0 Å². The quantitative estimate of drug-likeness (QED) is 0.517. The van der Waals surface area contributed by atoms with E-state index >= 15 is 0 Å². The maximum absolute atomic E-state index is 11.1. The molecule has 0 fully saturated rings. The molecule has 0 radical (unpaired) electrons. The average Bonchev–Trinajstić information content (AvgIpc) is 3.11. The van der Waals surface area contributed by atoms with Gasteiger partial charge in [-0.2, -0.15) is 5.10 Å². The van der Waals surface area contributed by atoms with Gasteiger partial charge in [-0.05, 0) is 23.8 Å². The van der Waals surface area contributed by atoms with Crippen molar-refractivity contribution in [1.29, 1.82) is 0 Å². The number of thiazole rings is 1. The molecule has 6 nitrogen and oxygen atoms in total. The van der Waals surface area contributed by atoms with E-state index in [1.165, 1.54) is 36.8 Å². The molecule has 3 aromatic rings. The number of hydrazone groups is 1. The second-order valence-corrected chi connectivity index (χ2v) is 5.93. The van der Waals surface area contributed by atoms with E-state index in [0.29, 0.717) is 16.4 Å². The molecule has 0 bridgehead atoms. The molecule has 0 amide bonds. The topological polar surface area (TPSA) is 83.8 Å². The fourth-order valence-corrected chi connectivity index (χ4v) is 2.84. The van der Waals surface area contributed by atoms with Crippen LogP contribution in [0.2, 0.25) is 0 Å². The molecule has 3 rings (SSSR count). The van der Waals surface area contributed by atoms with E-state index in [4.69, 9.17) is 9.84 Å². The van der Waals surface area contributed by atoms with Gasteiger partial charge in [-0.25, -0.2) is 9.78 Å². The highest BCUT2D eigenvalue weighted by Crippen LogP contribution is 2.24. The van der Waals surface area contributed by atoms with Gasteiger partial charge in [0.15, 0.2) is 0 Å². The summed E-state index contributed by atoms with van der Waals surface area (Å²) in [6.45, 7) is 0. The first kappa shape index (κ1) is 16.7. The highest BCUT2D eigenvalue weighted by molar-refractivity contribution is 7.14. The van der Waals surface area contributed by atoms with Crippen molar-refractivity contribution < 1.29 is 14.6 Å². The zero-order valence-corrected chi connectivity index (χ0v) is 14.2. The van der Waals surface area contributed by atoms with Gasteiger partial charge < -0.3 is 9.84 Å². The molecule has 0 aliphatic heterocycles. The minimum Gasteiger partial charge on any atom is -0.497 e. The Hall–Kier alpha value is -3.19. The number of anilines is 1. The lowest BCUT2D eigenvalue weighted by Gasteiger charge is -2.03. The number of nitrogens with zero attached hydrogens (tertiary/aromatic N) is 2. The molecule has 0 aliphatic carbocycles. The van der Waals surface area contributed by atoms with Crippen LogP contribution in [0.15, 0.2) is 59.0 Å². The minimum atomic E-state index is -1.02. The predicted molar refractivity (Wildman–Crippen MR) is 98.7 cm³/mol. The fraction of sp³-hybridized carbons (Fsp3) is 0.0556. The van der Waals surface area contributed by atoms with E-state index in [2.05, 4.69) is 15.5 Å². The van der Waals surface area contributed by atoms with Crippen LogP contribution >= 0.6 is 11.3 Å². The molecule has 0 atom stereocenters. The molecule has 1 aromatic heterocycles. The molecule has 0 saturated carbocycles. The lowest BCUT2D eigenvalue weighted by molar-refractivity contribution is 0.0696. The Morgan fingerprint density at radius 3 is 2.80 bits per heavy atom. The van der Waals surface area contributed by atoms with Gasteiger partial charge in [0.1, 0.15) is 5.75 Å². The van der Waals surface area contributed by atoms with Crippen LogP contribution in [0.25, 0.3) is 11.3 Å². The number of carbonyl (C=O) groups is 1. The maximum Gasteiger partial charge on any atom is 0.335 e. The number of nitrogens with one attached hydrogen (secondary N) is 1. The van der Waals surface area contributed by atoms with Crippen LogP contribution in [0.1, 0.15) is 15.9 Å². The maximum atomic E-state index is 11.1. The van der Waals surface area contributed by atoms with Gasteiger partial charge in [-0.1, -0.05) is 30.3 Å². The molecule has 126 valence electrons. The first-order valence-corrected chi connectivity index (χ1v) is 8.26. The third-order valence-corrected chi connectivity index (χ3v) is 4.11. The van der Waals surface area contributed by atoms with E-state index in [0.717, 1.165) is 11.3 Å². The largest absolute Gasteiger partial charge is 0.497 e. The van der Waals surface area contributed by atoms with Crippen molar-refractivity contribution in [3.8, 4) is 17.0 Å². The summed E-state index contributed by atoms with van der Waals surface area (Å²) < 4.78 is 5.11. The molecular formula is C18H15N3O3S. The Kier molecular flexibility index (Phi) is 5.06. The average molecular weight is 353 g/mol. The van der Waals surface area contributed by atoms with Crippen molar-refractivity contribution in [3.05, 3.63) is 65.0 Å². The first-order valence-electron chi connectivity index (χ1n) is 7.38. The molecule has 2 aromatic carbocycles. The van der Waals surface area contributed by atoms with E-state index in [9.17, 15) is 4.79 Å². The van der Waals surface area contributed by atoms with Crippen LogP contribution in [0.4, 0.5) is 5.13 Å². The fourth-order valence-electron chi connectivity index (χ4n) is 2.17. The monoisotopic (exact) mass is 353 g/mol. The number of methoxy groups -OCH3 is 1. The third-order valence-electron chi connectivity index (χ3n) is 3.36. The molecular weight excluding hydrogens is 338 g/mol. The van der Waals surface area contributed by atoms with Gasteiger partial charge >= 0.3 is 5.97 Å². The standard InChI is InChI=1S/C18H15N3O3S/c1-24-15-8-12(7-14(9-15)17(22)23)10-19-21-18-20-16(11-25-18)13-5-3-2-4-6-13/h2-11H,1H3,(H,20,21)(H,22,23). The van der Waals surface area contributed by atoms with E-state index in [-0.39, 0.29) is 5.56 Å². The number of ether oxygens (including phenoxy) is 1. The van der Waals surface area contributed by atoms with Crippen molar-refractivity contribution in [2.24, 2.45) is 5.10 Å². The lowest BCUT2D eigenvalue weighted by atomic mass is 10.1. The van der Waals surface area contributed by atoms with Gasteiger partial charge in [-0.3, -0.25) is 5.43 Å². The first-order chi connectivity index (χ1) is 12.2. The molecule has 0 aliphatic rings. The molecule has 0 unspecified atom stereocenters. The van der Waals surface area contributed by atoms with E-state index < -0.39 is 5.97 Å². The summed E-state index contributed by atoms with van der Waals surface area (Å²) >= 11 is 1.44. The lowest BCUT2D eigenvalue weighted by Crippen LogP contribution is -1.99. The number of rotatable bonds is 6. The number of aromatic carboxylic acids is 1. The summed E-state index contributed by atoms with van der Waals surface area (Å²) in [4.78, 5) is 15.6. The van der Waals surface area contributed by atoms with Crippen LogP contribution in [0.3, 0.4) is 0 Å². The highest BCUT2D eigenvalue weighted by atomic mass is 32.1. The van der Waals surface area contributed by atoms with Crippen molar-refractivity contribution >= 4 is 28.7 Å².